The van der Waals surface area contributed by atoms with E-state index in [1.165, 1.54) is 0 Å². The number of carbonyl (C=O) groups is 1. The lowest BCUT2D eigenvalue weighted by molar-refractivity contribution is 0.102. The largest absolute Gasteiger partial charge is 0.436 e. The highest BCUT2D eigenvalue weighted by molar-refractivity contribution is 6.04. The number of nitrogens with zero attached hydrogens (tertiary/aromatic N) is 4. The molecule has 0 aliphatic carbocycles. The van der Waals surface area contributed by atoms with E-state index in [9.17, 15) is 4.79 Å². The van der Waals surface area contributed by atoms with Crippen molar-refractivity contribution < 1.29 is 13.9 Å². The van der Waals surface area contributed by atoms with E-state index in [-0.39, 0.29) is 5.91 Å². The second-order valence-electron chi connectivity index (χ2n) is 8.31. The first-order valence-electron chi connectivity index (χ1n) is 11.5. The summed E-state index contributed by atoms with van der Waals surface area (Å²) in [5.74, 6) is 0.323. The van der Waals surface area contributed by atoms with Crippen molar-refractivity contribution in [2.24, 2.45) is 0 Å². The number of amides is 1. The lowest BCUT2D eigenvalue weighted by Crippen LogP contribution is -2.36. The molecule has 174 valence electrons. The van der Waals surface area contributed by atoms with E-state index < -0.39 is 0 Å². The van der Waals surface area contributed by atoms with Crippen LogP contribution in [0.25, 0.3) is 28.2 Å². The zero-order valence-corrected chi connectivity index (χ0v) is 18.9. The number of hydrogen-bond donors (Lipinski definition) is 1. The van der Waals surface area contributed by atoms with E-state index in [0.717, 1.165) is 60.0 Å². The van der Waals surface area contributed by atoms with E-state index in [1.807, 2.05) is 66.9 Å². The second kappa shape index (κ2) is 9.08. The van der Waals surface area contributed by atoms with Crippen LogP contribution < -0.4 is 10.2 Å². The van der Waals surface area contributed by atoms with E-state index in [4.69, 9.17) is 9.15 Å². The molecule has 0 spiro atoms. The molecule has 8 heteroatoms. The molecule has 5 aromatic rings. The number of carbonyl (C=O) groups excluding carboxylic acids is 1. The van der Waals surface area contributed by atoms with Gasteiger partial charge in [-0.2, -0.15) is 5.10 Å². The molecule has 1 aliphatic heterocycles. The van der Waals surface area contributed by atoms with Crippen LogP contribution in [0.15, 0.2) is 89.6 Å². The number of hydrogen-bond acceptors (Lipinski definition) is 6. The molecule has 0 radical (unpaired) electrons. The minimum atomic E-state index is -0.183. The fourth-order valence-electron chi connectivity index (χ4n) is 4.14. The second-order valence-corrected chi connectivity index (χ2v) is 8.31. The molecule has 3 aromatic carbocycles. The first kappa shape index (κ1) is 21.1. The van der Waals surface area contributed by atoms with Crippen LogP contribution in [0.4, 0.5) is 11.4 Å². The summed E-state index contributed by atoms with van der Waals surface area (Å²) >= 11 is 0. The smallest absolute Gasteiger partial charge is 0.255 e. The minimum Gasteiger partial charge on any atom is -0.436 e. The Morgan fingerprint density at radius 2 is 1.74 bits per heavy atom. The Kier molecular flexibility index (Phi) is 5.48. The third-order valence-electron chi connectivity index (χ3n) is 6.00. The molecular formula is C27H23N5O3. The summed E-state index contributed by atoms with van der Waals surface area (Å²) in [6.45, 7) is 3.23. The van der Waals surface area contributed by atoms with Gasteiger partial charge in [0.05, 0.1) is 30.7 Å². The van der Waals surface area contributed by atoms with Gasteiger partial charge in [0.15, 0.2) is 5.58 Å². The molecule has 0 bridgehead atoms. The number of rotatable bonds is 5. The molecule has 3 heterocycles. The Hall–Kier alpha value is -4.43. The number of fused-ring (bicyclic) bond motifs is 1. The normalized spacial score (nSPS) is 13.8. The predicted octanol–water partition coefficient (Wildman–Crippen LogP) is 4.77. The molecule has 1 aliphatic rings. The van der Waals surface area contributed by atoms with Crippen molar-refractivity contribution in [1.29, 1.82) is 0 Å². The van der Waals surface area contributed by atoms with Crippen molar-refractivity contribution in [3.8, 4) is 17.1 Å². The highest BCUT2D eigenvalue weighted by atomic mass is 16.5. The van der Waals surface area contributed by atoms with Gasteiger partial charge < -0.3 is 19.4 Å². The van der Waals surface area contributed by atoms with Gasteiger partial charge in [-0.25, -0.2) is 9.67 Å². The van der Waals surface area contributed by atoms with E-state index in [1.54, 1.807) is 23.0 Å². The molecule has 0 unspecified atom stereocenters. The summed E-state index contributed by atoms with van der Waals surface area (Å²) in [6.07, 6.45) is 3.54. The van der Waals surface area contributed by atoms with Crippen molar-refractivity contribution in [3.05, 3.63) is 90.8 Å². The number of nitrogens with one attached hydrogen (secondary N) is 1. The minimum absolute atomic E-state index is 0.183. The Morgan fingerprint density at radius 3 is 2.57 bits per heavy atom. The maximum atomic E-state index is 12.9. The zero-order valence-electron chi connectivity index (χ0n) is 18.9. The van der Waals surface area contributed by atoms with Crippen molar-refractivity contribution in [1.82, 2.24) is 14.8 Å². The topological polar surface area (TPSA) is 85.4 Å². The predicted molar refractivity (Wildman–Crippen MR) is 134 cm³/mol. The summed E-state index contributed by atoms with van der Waals surface area (Å²) in [4.78, 5) is 19.7. The first-order valence-corrected chi connectivity index (χ1v) is 11.5. The number of oxazole rings is 1. The van der Waals surface area contributed by atoms with Crippen molar-refractivity contribution in [2.45, 2.75) is 0 Å². The Labute approximate surface area is 201 Å². The highest BCUT2D eigenvalue weighted by Gasteiger charge is 2.14. The summed E-state index contributed by atoms with van der Waals surface area (Å²) in [5.41, 5.74) is 5.47. The lowest BCUT2D eigenvalue weighted by Gasteiger charge is -2.28. The molecule has 0 atom stereocenters. The van der Waals surface area contributed by atoms with Crippen LogP contribution >= 0.6 is 0 Å². The van der Waals surface area contributed by atoms with Crippen molar-refractivity contribution >= 4 is 28.4 Å². The van der Waals surface area contributed by atoms with Gasteiger partial charge in [0, 0.05) is 36.2 Å². The quantitative estimate of drug-likeness (QED) is 0.403. The van der Waals surface area contributed by atoms with Crippen molar-refractivity contribution in [2.75, 3.05) is 36.5 Å². The van der Waals surface area contributed by atoms with Crippen LogP contribution in [-0.4, -0.2) is 47.0 Å². The van der Waals surface area contributed by atoms with E-state index >= 15 is 0 Å². The van der Waals surface area contributed by atoms with Gasteiger partial charge in [0.1, 0.15) is 5.52 Å². The Balaban J connectivity index is 1.17. The highest BCUT2D eigenvalue weighted by Crippen LogP contribution is 2.25. The molecule has 35 heavy (non-hydrogen) atoms. The number of anilines is 2. The van der Waals surface area contributed by atoms with Crippen LogP contribution in [0, 0.1) is 0 Å². The lowest BCUT2D eigenvalue weighted by atomic mass is 10.1. The van der Waals surface area contributed by atoms with Gasteiger partial charge in [0.25, 0.3) is 5.91 Å². The molecule has 8 nitrogen and oxygen atoms in total. The molecule has 2 aromatic heterocycles. The SMILES string of the molecule is O=C(Nc1ccc(N2CCOCC2)cc1)c1cccc(-n2cc(-c3nc4ccccc4o3)cn2)c1. The average Bonchev–Trinajstić information content (AvgIpc) is 3.57. The van der Waals surface area contributed by atoms with Crippen molar-refractivity contribution in [3.63, 3.8) is 0 Å². The molecule has 0 saturated carbocycles. The van der Waals surface area contributed by atoms with Gasteiger partial charge in [-0.1, -0.05) is 18.2 Å². The number of benzene rings is 3. The molecule has 1 amide bonds. The van der Waals surface area contributed by atoms with E-state index in [0.29, 0.717) is 11.5 Å². The molecule has 6 rings (SSSR count). The summed E-state index contributed by atoms with van der Waals surface area (Å²) in [6, 6.07) is 22.8. The third kappa shape index (κ3) is 4.39. The molecule has 1 fully saturated rings. The summed E-state index contributed by atoms with van der Waals surface area (Å²) < 4.78 is 13.0. The first-order chi connectivity index (χ1) is 17.2. The van der Waals surface area contributed by atoms with Crippen LogP contribution in [-0.2, 0) is 4.74 Å². The van der Waals surface area contributed by atoms with Gasteiger partial charge in [-0.15, -0.1) is 0 Å². The van der Waals surface area contributed by atoms with Crippen LogP contribution in [0.5, 0.6) is 0 Å². The van der Waals surface area contributed by atoms with Crippen LogP contribution in [0.2, 0.25) is 0 Å². The fraction of sp³-hybridized carbons (Fsp3) is 0.148. The number of morpholine rings is 1. The fourth-order valence-corrected chi connectivity index (χ4v) is 4.14. The number of ether oxygens (including phenoxy) is 1. The summed E-state index contributed by atoms with van der Waals surface area (Å²) in [7, 11) is 0. The number of para-hydroxylation sites is 2. The monoisotopic (exact) mass is 465 g/mol. The average molecular weight is 466 g/mol. The van der Waals surface area contributed by atoms with Gasteiger partial charge >= 0.3 is 0 Å². The maximum Gasteiger partial charge on any atom is 0.255 e. The number of aromatic nitrogens is 3. The Bertz CT molecular complexity index is 1450. The standard InChI is InChI=1S/C27H23N5O3/c33-26(29-21-8-10-22(11-9-21)31-12-14-34-15-13-31)19-4-3-5-23(16-19)32-18-20(17-28-32)27-30-24-6-1-2-7-25(24)35-27/h1-11,16-18H,12-15H2,(H,29,33). The van der Waals surface area contributed by atoms with Gasteiger partial charge in [0.2, 0.25) is 5.89 Å². The molecular weight excluding hydrogens is 442 g/mol. The van der Waals surface area contributed by atoms with Gasteiger partial charge in [-0.3, -0.25) is 4.79 Å². The summed E-state index contributed by atoms with van der Waals surface area (Å²) in [5, 5.41) is 7.42. The van der Waals surface area contributed by atoms with Crippen LogP contribution in [0.3, 0.4) is 0 Å². The van der Waals surface area contributed by atoms with Gasteiger partial charge in [-0.05, 0) is 54.6 Å². The maximum absolute atomic E-state index is 12.9. The van der Waals surface area contributed by atoms with Crippen LogP contribution in [0.1, 0.15) is 10.4 Å². The molecule has 1 saturated heterocycles. The Morgan fingerprint density at radius 1 is 0.914 bits per heavy atom. The van der Waals surface area contributed by atoms with E-state index in [2.05, 4.69) is 20.3 Å². The molecule has 1 N–H and O–H groups in total. The third-order valence-corrected chi connectivity index (χ3v) is 6.00. The zero-order chi connectivity index (χ0) is 23.6.